The maximum Gasteiger partial charge on any atom is 0.236 e. The molecule has 0 fully saturated rings. The number of carbonyl (C=O) groups excluding carboxylic acids is 1. The molecule has 0 aliphatic heterocycles. The number of halogens is 1. The molecule has 0 radical (unpaired) electrons. The van der Waals surface area contributed by atoms with Crippen molar-refractivity contribution in [2.75, 3.05) is 26.7 Å². The molecule has 17 heavy (non-hydrogen) atoms. The van der Waals surface area contributed by atoms with Gasteiger partial charge in [0.1, 0.15) is 5.75 Å². The van der Waals surface area contributed by atoms with Gasteiger partial charge in [0.25, 0.3) is 0 Å². The SMILES string of the molecule is CN(CCCOc1ccc(Cl)cc1)C(=O)CN. The maximum atomic E-state index is 11.2. The first-order chi connectivity index (χ1) is 8.13. The molecule has 2 N–H and O–H groups in total. The van der Waals surface area contributed by atoms with Crippen molar-refractivity contribution in [3.05, 3.63) is 29.3 Å². The zero-order valence-electron chi connectivity index (χ0n) is 9.86. The standard InChI is InChI=1S/C12H17ClN2O2/c1-15(12(16)9-14)7-2-8-17-11-5-3-10(13)4-6-11/h3-6H,2,7-9,14H2,1H3. The Labute approximate surface area is 106 Å². The van der Waals surface area contributed by atoms with E-state index in [1.807, 2.05) is 12.1 Å². The monoisotopic (exact) mass is 256 g/mol. The summed E-state index contributed by atoms with van der Waals surface area (Å²) in [4.78, 5) is 12.8. The molecule has 1 aromatic rings. The molecule has 1 aromatic carbocycles. The van der Waals surface area contributed by atoms with Crippen LogP contribution in [-0.4, -0.2) is 37.6 Å². The summed E-state index contributed by atoms with van der Waals surface area (Å²) in [5, 5.41) is 0.686. The maximum absolute atomic E-state index is 11.2. The van der Waals surface area contributed by atoms with Gasteiger partial charge in [-0.05, 0) is 30.7 Å². The first-order valence-electron chi connectivity index (χ1n) is 5.46. The number of ether oxygens (including phenoxy) is 1. The molecule has 5 heteroatoms. The van der Waals surface area contributed by atoms with Gasteiger partial charge in [-0.15, -0.1) is 0 Å². The van der Waals surface area contributed by atoms with E-state index < -0.39 is 0 Å². The van der Waals surface area contributed by atoms with E-state index in [0.717, 1.165) is 12.2 Å². The van der Waals surface area contributed by atoms with Crippen molar-refractivity contribution in [2.45, 2.75) is 6.42 Å². The van der Waals surface area contributed by atoms with Crippen LogP contribution < -0.4 is 10.5 Å². The van der Waals surface area contributed by atoms with Crippen LogP contribution in [0.4, 0.5) is 0 Å². The van der Waals surface area contributed by atoms with Gasteiger partial charge in [0.05, 0.1) is 13.2 Å². The lowest BCUT2D eigenvalue weighted by atomic mass is 10.3. The highest BCUT2D eigenvalue weighted by Crippen LogP contribution is 2.15. The Kier molecular flexibility index (Phi) is 5.80. The number of rotatable bonds is 6. The highest BCUT2D eigenvalue weighted by Gasteiger charge is 2.04. The summed E-state index contributed by atoms with van der Waals surface area (Å²) in [6.07, 6.45) is 0.769. The van der Waals surface area contributed by atoms with Gasteiger partial charge in [-0.25, -0.2) is 0 Å². The molecule has 94 valence electrons. The topological polar surface area (TPSA) is 55.6 Å². The predicted octanol–water partition coefficient (Wildman–Crippen LogP) is 1.53. The fourth-order valence-corrected chi connectivity index (χ4v) is 1.43. The van der Waals surface area contributed by atoms with E-state index >= 15 is 0 Å². The van der Waals surface area contributed by atoms with Crippen LogP contribution in [0, 0.1) is 0 Å². The molecule has 1 rings (SSSR count). The lowest BCUT2D eigenvalue weighted by Gasteiger charge is -2.16. The average Bonchev–Trinajstić information content (AvgIpc) is 2.35. The van der Waals surface area contributed by atoms with Crippen LogP contribution >= 0.6 is 11.6 Å². The molecule has 0 atom stereocenters. The minimum atomic E-state index is -0.0588. The van der Waals surface area contributed by atoms with Gasteiger partial charge in [-0.3, -0.25) is 4.79 Å². The van der Waals surface area contributed by atoms with Gasteiger partial charge in [-0.2, -0.15) is 0 Å². The highest BCUT2D eigenvalue weighted by molar-refractivity contribution is 6.30. The average molecular weight is 257 g/mol. The van der Waals surface area contributed by atoms with Crippen molar-refractivity contribution in [1.29, 1.82) is 0 Å². The van der Waals surface area contributed by atoms with E-state index in [4.69, 9.17) is 22.1 Å². The molecule has 0 saturated carbocycles. The minimum absolute atomic E-state index is 0.0501. The van der Waals surface area contributed by atoms with E-state index in [1.165, 1.54) is 0 Å². The largest absolute Gasteiger partial charge is 0.494 e. The molecule has 0 bridgehead atoms. The second-order valence-corrected chi connectivity index (χ2v) is 4.11. The number of carbonyl (C=O) groups is 1. The van der Waals surface area contributed by atoms with E-state index in [0.29, 0.717) is 18.2 Å². The van der Waals surface area contributed by atoms with Gasteiger partial charge < -0.3 is 15.4 Å². The predicted molar refractivity (Wildman–Crippen MR) is 68.3 cm³/mol. The van der Waals surface area contributed by atoms with Crippen molar-refractivity contribution in [2.24, 2.45) is 5.73 Å². The summed E-state index contributed by atoms with van der Waals surface area (Å²) in [6, 6.07) is 7.19. The van der Waals surface area contributed by atoms with Crippen molar-refractivity contribution >= 4 is 17.5 Å². The minimum Gasteiger partial charge on any atom is -0.494 e. The van der Waals surface area contributed by atoms with Crippen LogP contribution in [0.3, 0.4) is 0 Å². The highest BCUT2D eigenvalue weighted by atomic mass is 35.5. The van der Waals surface area contributed by atoms with Crippen LogP contribution in [-0.2, 0) is 4.79 Å². The number of hydrogen-bond donors (Lipinski definition) is 1. The third-order valence-electron chi connectivity index (χ3n) is 2.32. The zero-order valence-corrected chi connectivity index (χ0v) is 10.6. The zero-order chi connectivity index (χ0) is 12.7. The lowest BCUT2D eigenvalue weighted by Crippen LogP contribution is -2.33. The van der Waals surface area contributed by atoms with Crippen molar-refractivity contribution in [3.63, 3.8) is 0 Å². The summed E-state index contributed by atoms with van der Waals surface area (Å²) >= 11 is 5.75. The summed E-state index contributed by atoms with van der Waals surface area (Å²) in [5.74, 6) is 0.721. The Bertz CT molecular complexity index is 354. The number of benzene rings is 1. The number of nitrogens with two attached hydrogens (primary N) is 1. The Hall–Kier alpha value is -1.26. The summed E-state index contributed by atoms with van der Waals surface area (Å²) < 4.78 is 5.50. The van der Waals surface area contributed by atoms with Crippen molar-refractivity contribution in [1.82, 2.24) is 4.90 Å². The molecule has 1 amide bonds. The van der Waals surface area contributed by atoms with E-state index in [9.17, 15) is 4.79 Å². The third kappa shape index (κ3) is 5.06. The summed E-state index contributed by atoms with van der Waals surface area (Å²) in [7, 11) is 1.73. The van der Waals surface area contributed by atoms with Gasteiger partial charge in [0.2, 0.25) is 5.91 Å². The van der Waals surface area contributed by atoms with Crippen molar-refractivity contribution in [3.8, 4) is 5.75 Å². The molecule has 0 aliphatic rings. The smallest absolute Gasteiger partial charge is 0.236 e. The fraction of sp³-hybridized carbons (Fsp3) is 0.417. The first-order valence-corrected chi connectivity index (χ1v) is 5.83. The van der Waals surface area contributed by atoms with E-state index in [1.54, 1.807) is 24.1 Å². The number of nitrogens with zero attached hydrogens (tertiary/aromatic N) is 1. The molecular weight excluding hydrogens is 240 g/mol. The first kappa shape index (κ1) is 13.8. The van der Waals surface area contributed by atoms with Gasteiger partial charge >= 0.3 is 0 Å². The van der Waals surface area contributed by atoms with Crippen LogP contribution in [0.2, 0.25) is 5.02 Å². The molecule has 0 aliphatic carbocycles. The third-order valence-corrected chi connectivity index (χ3v) is 2.57. The molecule has 0 unspecified atom stereocenters. The summed E-state index contributed by atoms with van der Waals surface area (Å²) in [6.45, 7) is 1.25. The quantitative estimate of drug-likeness (QED) is 0.786. The Morgan fingerprint density at radius 3 is 2.65 bits per heavy atom. The summed E-state index contributed by atoms with van der Waals surface area (Å²) in [5.41, 5.74) is 5.25. The van der Waals surface area contributed by atoms with Crippen LogP contribution in [0.1, 0.15) is 6.42 Å². The molecular formula is C12H17ClN2O2. The fourth-order valence-electron chi connectivity index (χ4n) is 1.30. The Balaban J connectivity index is 2.20. The normalized spacial score (nSPS) is 10.1. The van der Waals surface area contributed by atoms with Gasteiger partial charge in [-0.1, -0.05) is 11.6 Å². The van der Waals surface area contributed by atoms with E-state index in [-0.39, 0.29) is 12.5 Å². The van der Waals surface area contributed by atoms with Crippen molar-refractivity contribution < 1.29 is 9.53 Å². The molecule has 0 heterocycles. The van der Waals surface area contributed by atoms with Gasteiger partial charge in [0.15, 0.2) is 0 Å². The van der Waals surface area contributed by atoms with Crippen LogP contribution in [0.15, 0.2) is 24.3 Å². The lowest BCUT2D eigenvalue weighted by molar-refractivity contribution is -0.128. The molecule has 4 nitrogen and oxygen atoms in total. The number of hydrogen-bond acceptors (Lipinski definition) is 3. The molecule has 0 spiro atoms. The van der Waals surface area contributed by atoms with Crippen LogP contribution in [0.25, 0.3) is 0 Å². The van der Waals surface area contributed by atoms with E-state index in [2.05, 4.69) is 0 Å². The Morgan fingerprint density at radius 2 is 2.06 bits per heavy atom. The van der Waals surface area contributed by atoms with Gasteiger partial charge in [0, 0.05) is 18.6 Å². The number of likely N-dealkylation sites (N-methyl/N-ethyl adjacent to an activating group) is 1. The molecule has 0 aromatic heterocycles. The number of amides is 1. The Morgan fingerprint density at radius 1 is 1.41 bits per heavy atom. The van der Waals surface area contributed by atoms with Crippen LogP contribution in [0.5, 0.6) is 5.75 Å². The second-order valence-electron chi connectivity index (χ2n) is 3.68. The second kappa shape index (κ2) is 7.14. The molecule has 0 saturated heterocycles.